The van der Waals surface area contributed by atoms with Gasteiger partial charge >= 0.3 is 6.18 Å². The summed E-state index contributed by atoms with van der Waals surface area (Å²) in [5.41, 5.74) is 0.300. The van der Waals surface area contributed by atoms with E-state index >= 15 is 0 Å². The third kappa shape index (κ3) is 4.29. The van der Waals surface area contributed by atoms with Crippen LogP contribution in [0.2, 0.25) is 0 Å². The number of rotatable bonds is 3. The third-order valence-corrected chi connectivity index (χ3v) is 5.71. The molecule has 0 radical (unpaired) electrons. The Kier molecular flexibility index (Phi) is 5.67. The van der Waals surface area contributed by atoms with Crippen molar-refractivity contribution >= 4 is 11.7 Å². The minimum Gasteiger partial charge on any atom is -0.375 e. The molecule has 1 amide bonds. The summed E-state index contributed by atoms with van der Waals surface area (Å²) in [6.07, 6.45) is -2.82. The highest BCUT2D eigenvalue weighted by molar-refractivity contribution is 5.77. The largest absolute Gasteiger partial charge is 0.410 e. The number of anilines is 1. The summed E-state index contributed by atoms with van der Waals surface area (Å²) >= 11 is 0. The number of halogens is 3. The van der Waals surface area contributed by atoms with Crippen LogP contribution in [0.3, 0.4) is 0 Å². The molecule has 3 rings (SSSR count). The zero-order valence-corrected chi connectivity index (χ0v) is 16.8. The molecule has 2 aliphatic heterocycles. The van der Waals surface area contributed by atoms with E-state index in [-0.39, 0.29) is 36.3 Å². The Balaban J connectivity index is 1.86. The Morgan fingerprint density at radius 3 is 2.68 bits per heavy atom. The topological polar surface area (TPSA) is 59.4 Å². The van der Waals surface area contributed by atoms with E-state index in [1.807, 2.05) is 20.8 Å². The van der Waals surface area contributed by atoms with Crippen molar-refractivity contribution in [2.75, 3.05) is 32.1 Å². The molecule has 28 heavy (non-hydrogen) atoms. The number of nitrogens with zero attached hydrogens (tertiary/aromatic N) is 3. The highest BCUT2D eigenvalue weighted by Gasteiger charge is 2.48. The molecule has 3 heterocycles. The minimum atomic E-state index is -4.36. The molecule has 1 aromatic heterocycles. The zero-order chi connectivity index (χ0) is 20.7. The maximum Gasteiger partial charge on any atom is 0.410 e. The Morgan fingerprint density at radius 1 is 1.36 bits per heavy atom. The normalized spacial score (nSPS) is 26.0. The minimum absolute atomic E-state index is 0.0113. The average Bonchev–Trinajstić information content (AvgIpc) is 3.03. The summed E-state index contributed by atoms with van der Waals surface area (Å²) in [5.74, 6) is 0.232. The van der Waals surface area contributed by atoms with Gasteiger partial charge in [-0.3, -0.25) is 4.79 Å². The quantitative estimate of drug-likeness (QED) is 0.840. The first kappa shape index (κ1) is 21.0. The molecule has 6 nitrogen and oxygen atoms in total. The highest BCUT2D eigenvalue weighted by atomic mass is 19.4. The number of nitrogens with one attached hydrogen (secondary N) is 1. The van der Waals surface area contributed by atoms with Crippen molar-refractivity contribution in [1.82, 2.24) is 14.7 Å². The molecule has 1 N–H and O–H groups in total. The van der Waals surface area contributed by atoms with Crippen LogP contribution in [0.5, 0.6) is 0 Å². The molecule has 1 saturated heterocycles. The van der Waals surface area contributed by atoms with Gasteiger partial charge in [0.15, 0.2) is 6.04 Å². The molecule has 3 atom stereocenters. The molecule has 9 heteroatoms. The van der Waals surface area contributed by atoms with Gasteiger partial charge in [0, 0.05) is 38.2 Å². The number of piperidine rings is 1. The molecule has 158 valence electrons. The number of alkyl halides is 3. The van der Waals surface area contributed by atoms with E-state index in [4.69, 9.17) is 4.74 Å². The molecule has 0 aliphatic carbocycles. The van der Waals surface area contributed by atoms with E-state index in [2.05, 4.69) is 10.4 Å². The summed E-state index contributed by atoms with van der Waals surface area (Å²) in [6.45, 7) is 6.92. The first-order chi connectivity index (χ1) is 13.0. The highest BCUT2D eigenvalue weighted by Crippen LogP contribution is 2.44. The molecule has 0 bridgehead atoms. The van der Waals surface area contributed by atoms with E-state index in [1.54, 1.807) is 11.0 Å². The van der Waals surface area contributed by atoms with Gasteiger partial charge in [-0.15, -0.1) is 0 Å². The van der Waals surface area contributed by atoms with Crippen molar-refractivity contribution in [1.29, 1.82) is 0 Å². The third-order valence-electron chi connectivity index (χ3n) is 5.71. The first-order valence-electron chi connectivity index (χ1n) is 9.70. The van der Waals surface area contributed by atoms with Crippen LogP contribution in [0.15, 0.2) is 6.07 Å². The predicted molar refractivity (Wildman–Crippen MR) is 99.2 cm³/mol. The summed E-state index contributed by atoms with van der Waals surface area (Å²) in [5, 5.41) is 7.60. The Labute approximate surface area is 163 Å². The fraction of sp³-hybridized carbons (Fsp3) is 0.789. The monoisotopic (exact) mass is 402 g/mol. The van der Waals surface area contributed by atoms with E-state index in [9.17, 15) is 18.0 Å². The van der Waals surface area contributed by atoms with Crippen LogP contribution in [-0.2, 0) is 9.53 Å². The van der Waals surface area contributed by atoms with Crippen LogP contribution in [-0.4, -0.2) is 59.6 Å². The van der Waals surface area contributed by atoms with Crippen molar-refractivity contribution in [2.45, 2.75) is 64.2 Å². The second-order valence-electron chi connectivity index (χ2n) is 8.87. The fourth-order valence-electron chi connectivity index (χ4n) is 4.02. The molecule has 0 spiro atoms. The maximum atomic E-state index is 13.7. The van der Waals surface area contributed by atoms with Crippen LogP contribution in [0.4, 0.5) is 19.0 Å². The van der Waals surface area contributed by atoms with Crippen LogP contribution in [0, 0.1) is 5.41 Å². The molecular formula is C19H29F3N4O2. The Bertz CT molecular complexity index is 711. The van der Waals surface area contributed by atoms with E-state index in [1.165, 1.54) is 7.11 Å². The molecule has 1 unspecified atom stereocenters. The van der Waals surface area contributed by atoms with E-state index in [0.717, 1.165) is 17.5 Å². The zero-order valence-electron chi connectivity index (χ0n) is 16.8. The van der Waals surface area contributed by atoms with Gasteiger partial charge in [-0.25, -0.2) is 4.68 Å². The number of amides is 1. The number of aromatic nitrogens is 2. The SMILES string of the molecule is COCC(=O)N1CCCC(c2cc3n(n2)[C@@H](C(F)(F)F)C[C@@H](C(C)(C)C)N3)C1. The van der Waals surface area contributed by atoms with Gasteiger partial charge in [0.25, 0.3) is 0 Å². The molecule has 2 aliphatic rings. The van der Waals surface area contributed by atoms with Gasteiger partial charge in [0.1, 0.15) is 12.4 Å². The van der Waals surface area contributed by atoms with Gasteiger partial charge in [0.2, 0.25) is 5.91 Å². The van der Waals surface area contributed by atoms with E-state index < -0.39 is 12.2 Å². The van der Waals surface area contributed by atoms with Gasteiger partial charge < -0.3 is 15.0 Å². The van der Waals surface area contributed by atoms with Gasteiger partial charge in [-0.1, -0.05) is 20.8 Å². The molecule has 0 saturated carbocycles. The standard InChI is InChI=1S/C19H29F3N4O2/c1-18(2,3)14-9-15(19(20,21)22)26-16(23-14)8-13(24-26)12-6-5-7-25(10-12)17(27)11-28-4/h8,12,14-15,23H,5-7,9-11H2,1-4H3/t12?,14-,15+/m0/s1. The van der Waals surface area contributed by atoms with Crippen LogP contribution >= 0.6 is 0 Å². The Morgan fingerprint density at radius 2 is 2.07 bits per heavy atom. The lowest BCUT2D eigenvalue weighted by Gasteiger charge is -2.39. The van der Waals surface area contributed by atoms with Crippen LogP contribution in [0.25, 0.3) is 0 Å². The Hall–Kier alpha value is -1.77. The number of hydrogen-bond acceptors (Lipinski definition) is 4. The molecular weight excluding hydrogens is 373 g/mol. The molecule has 1 fully saturated rings. The summed E-state index contributed by atoms with van der Waals surface area (Å²) < 4.78 is 47.2. The number of hydrogen-bond donors (Lipinski definition) is 1. The van der Waals surface area contributed by atoms with Gasteiger partial charge in [-0.05, 0) is 24.7 Å². The fourth-order valence-corrected chi connectivity index (χ4v) is 4.02. The average molecular weight is 402 g/mol. The van der Waals surface area contributed by atoms with Crippen molar-refractivity contribution in [3.8, 4) is 0 Å². The maximum absolute atomic E-state index is 13.7. The second kappa shape index (κ2) is 7.57. The lowest BCUT2D eigenvalue weighted by atomic mass is 9.82. The summed E-state index contributed by atoms with van der Waals surface area (Å²) in [4.78, 5) is 13.8. The predicted octanol–water partition coefficient (Wildman–Crippen LogP) is 3.57. The first-order valence-corrected chi connectivity index (χ1v) is 9.70. The van der Waals surface area contributed by atoms with Crippen molar-refractivity contribution in [3.05, 3.63) is 11.8 Å². The molecule has 1 aromatic rings. The van der Waals surface area contributed by atoms with Crippen molar-refractivity contribution in [3.63, 3.8) is 0 Å². The smallest absolute Gasteiger partial charge is 0.375 e. The second-order valence-corrected chi connectivity index (χ2v) is 8.87. The van der Waals surface area contributed by atoms with Crippen LogP contribution < -0.4 is 5.32 Å². The number of fused-ring (bicyclic) bond motifs is 1. The van der Waals surface area contributed by atoms with Gasteiger partial charge in [0.05, 0.1) is 5.69 Å². The number of carbonyl (C=O) groups is 1. The van der Waals surface area contributed by atoms with Crippen molar-refractivity contribution in [2.24, 2.45) is 5.41 Å². The number of carbonyl (C=O) groups excluding carboxylic acids is 1. The van der Waals surface area contributed by atoms with Crippen LogP contribution in [0.1, 0.15) is 57.7 Å². The van der Waals surface area contributed by atoms with Crippen molar-refractivity contribution < 1.29 is 22.7 Å². The number of ether oxygens (including phenoxy) is 1. The summed E-state index contributed by atoms with van der Waals surface area (Å²) in [7, 11) is 1.47. The van der Waals surface area contributed by atoms with E-state index in [0.29, 0.717) is 24.6 Å². The molecule has 0 aromatic carbocycles. The van der Waals surface area contributed by atoms with Gasteiger partial charge in [-0.2, -0.15) is 18.3 Å². The number of methoxy groups -OCH3 is 1. The summed E-state index contributed by atoms with van der Waals surface area (Å²) in [6, 6.07) is -0.218. The lowest BCUT2D eigenvalue weighted by Crippen LogP contribution is -2.44. The number of likely N-dealkylation sites (tertiary alicyclic amines) is 1. The lowest BCUT2D eigenvalue weighted by molar-refractivity contribution is -0.175.